The molecule has 0 aliphatic heterocycles. The smallest absolute Gasteiger partial charge is 0.251 e. The molecule has 0 spiro atoms. The summed E-state index contributed by atoms with van der Waals surface area (Å²) in [5.74, 6) is 0.629. The molecule has 3 rings (SSSR count). The first-order chi connectivity index (χ1) is 12.1. The minimum atomic E-state index is 0.379. The Morgan fingerprint density at radius 1 is 1.24 bits per heavy atom. The van der Waals surface area contributed by atoms with Gasteiger partial charge in [-0.1, -0.05) is 30.3 Å². The van der Waals surface area contributed by atoms with E-state index >= 15 is 0 Å². The second kappa shape index (κ2) is 7.04. The highest BCUT2D eigenvalue weighted by molar-refractivity contribution is 5.99. The van der Waals surface area contributed by atoms with Gasteiger partial charge in [0.1, 0.15) is 5.75 Å². The lowest BCUT2D eigenvalue weighted by atomic mass is 10.1. The zero-order chi connectivity index (χ0) is 17.8. The van der Waals surface area contributed by atoms with Crippen molar-refractivity contribution in [2.24, 2.45) is 5.10 Å². The maximum absolute atomic E-state index is 11.4. The molecule has 2 aromatic carbocycles. The van der Waals surface area contributed by atoms with E-state index in [1.165, 1.54) is 0 Å². The Morgan fingerprint density at radius 3 is 2.64 bits per heavy atom. The molecule has 0 saturated carbocycles. The Kier molecular flexibility index (Phi) is 4.65. The summed E-state index contributed by atoms with van der Waals surface area (Å²) >= 11 is 0. The molecule has 7 nitrogen and oxygen atoms in total. The molecule has 0 amide bonds. The number of aromatic nitrogens is 2. The third-order valence-electron chi connectivity index (χ3n) is 3.83. The zero-order valence-corrected chi connectivity index (χ0v) is 14.2. The van der Waals surface area contributed by atoms with Crippen molar-refractivity contribution in [3.8, 4) is 17.0 Å². The second-order valence-electron chi connectivity index (χ2n) is 5.45. The highest BCUT2D eigenvalue weighted by Crippen LogP contribution is 2.30. The minimum absolute atomic E-state index is 0.379. The van der Waals surface area contributed by atoms with E-state index in [2.05, 4.69) is 20.3 Å². The molecular formula is C18H18N4O3. The number of benzene rings is 2. The highest BCUT2D eigenvalue weighted by Gasteiger charge is 2.18. The number of anilines is 1. The Morgan fingerprint density at radius 2 is 2.00 bits per heavy atom. The van der Waals surface area contributed by atoms with Gasteiger partial charge in [0.05, 0.1) is 18.5 Å². The maximum atomic E-state index is 11.4. The van der Waals surface area contributed by atoms with Gasteiger partial charge >= 0.3 is 0 Å². The van der Waals surface area contributed by atoms with Gasteiger partial charge < -0.3 is 9.94 Å². The van der Waals surface area contributed by atoms with Crippen LogP contribution in [0.25, 0.3) is 11.3 Å². The molecule has 0 aliphatic rings. The Labute approximate surface area is 145 Å². The van der Waals surface area contributed by atoms with Crippen LogP contribution in [-0.4, -0.2) is 18.0 Å². The predicted octanol–water partition coefficient (Wildman–Crippen LogP) is 3.13. The van der Waals surface area contributed by atoms with E-state index in [0.29, 0.717) is 27.7 Å². The number of ether oxygens (including phenoxy) is 1. The number of hydrazone groups is 1. The highest BCUT2D eigenvalue weighted by atomic mass is 16.8. The molecule has 0 radical (unpaired) electrons. The average Bonchev–Trinajstić information content (AvgIpc) is 2.99. The van der Waals surface area contributed by atoms with Crippen molar-refractivity contribution in [3.63, 3.8) is 0 Å². The molecule has 25 heavy (non-hydrogen) atoms. The number of hydrogen-bond acceptors (Lipinski definition) is 6. The van der Waals surface area contributed by atoms with Gasteiger partial charge in [-0.05, 0) is 35.6 Å². The third kappa shape index (κ3) is 3.45. The molecule has 7 heteroatoms. The van der Waals surface area contributed by atoms with Crippen LogP contribution in [0.2, 0.25) is 0 Å². The van der Waals surface area contributed by atoms with Crippen LogP contribution >= 0.6 is 0 Å². The normalized spacial score (nSPS) is 11.4. The monoisotopic (exact) mass is 338 g/mol. The first-order valence-electron chi connectivity index (χ1n) is 7.70. The first-order valence-corrected chi connectivity index (χ1v) is 7.70. The SMILES string of the molecule is COc1ccc(-c2no[n+]([O-])c2C)cc1N/N=C(\C)c1ccccc1. The molecule has 0 fully saturated rings. The molecule has 1 aromatic heterocycles. The Balaban J connectivity index is 1.92. The summed E-state index contributed by atoms with van der Waals surface area (Å²) in [5.41, 5.74) is 7.13. The standard InChI is InChI=1S/C18H18N4O3/c1-12(14-7-5-4-6-8-14)19-20-16-11-15(9-10-17(16)24-3)18-13(2)22(23)25-21-18/h4-11,20H,1-3H3/b19-12+. The van der Waals surface area contributed by atoms with Crippen molar-refractivity contribution in [1.82, 2.24) is 5.16 Å². The largest absolute Gasteiger partial charge is 0.495 e. The molecule has 1 heterocycles. The van der Waals surface area contributed by atoms with Crippen LogP contribution in [0.5, 0.6) is 5.75 Å². The van der Waals surface area contributed by atoms with Crippen molar-refractivity contribution in [1.29, 1.82) is 0 Å². The topological polar surface area (TPSA) is 86.6 Å². The number of methoxy groups -OCH3 is 1. The summed E-state index contributed by atoms with van der Waals surface area (Å²) in [7, 11) is 1.58. The van der Waals surface area contributed by atoms with Crippen molar-refractivity contribution < 1.29 is 14.3 Å². The summed E-state index contributed by atoms with van der Waals surface area (Å²) in [5, 5.41) is 19.6. The second-order valence-corrected chi connectivity index (χ2v) is 5.45. The lowest BCUT2D eigenvalue weighted by Crippen LogP contribution is -2.25. The zero-order valence-electron chi connectivity index (χ0n) is 14.2. The summed E-state index contributed by atoms with van der Waals surface area (Å²) in [6.45, 7) is 3.56. The molecule has 0 atom stereocenters. The van der Waals surface area contributed by atoms with Crippen LogP contribution in [0.3, 0.4) is 0 Å². The van der Waals surface area contributed by atoms with Crippen molar-refractivity contribution >= 4 is 11.4 Å². The van der Waals surface area contributed by atoms with Crippen molar-refractivity contribution in [2.75, 3.05) is 12.5 Å². The fourth-order valence-electron chi connectivity index (χ4n) is 2.38. The van der Waals surface area contributed by atoms with Gasteiger partial charge in [0.2, 0.25) is 5.69 Å². The van der Waals surface area contributed by atoms with Crippen LogP contribution in [0, 0.1) is 12.1 Å². The van der Waals surface area contributed by atoms with E-state index in [0.717, 1.165) is 16.8 Å². The quantitative estimate of drug-likeness (QED) is 0.439. The van der Waals surface area contributed by atoms with E-state index in [1.54, 1.807) is 20.1 Å². The third-order valence-corrected chi connectivity index (χ3v) is 3.83. The van der Waals surface area contributed by atoms with Crippen LogP contribution in [0.1, 0.15) is 18.2 Å². The number of rotatable bonds is 5. The minimum Gasteiger partial charge on any atom is -0.495 e. The molecule has 0 aliphatic carbocycles. The summed E-state index contributed by atoms with van der Waals surface area (Å²) in [6, 6.07) is 15.3. The van der Waals surface area contributed by atoms with Crippen molar-refractivity contribution in [3.05, 3.63) is 65.0 Å². The molecule has 3 aromatic rings. The Hall–Kier alpha value is -3.35. The van der Waals surface area contributed by atoms with Gasteiger partial charge in [-0.15, -0.1) is 0 Å². The predicted molar refractivity (Wildman–Crippen MR) is 94.5 cm³/mol. The van der Waals surface area contributed by atoms with Crippen molar-refractivity contribution in [2.45, 2.75) is 13.8 Å². The summed E-state index contributed by atoms with van der Waals surface area (Å²) in [6.07, 6.45) is 0. The molecule has 128 valence electrons. The van der Waals surface area contributed by atoms with Gasteiger partial charge in [0.25, 0.3) is 5.69 Å². The molecule has 0 saturated heterocycles. The average molecular weight is 338 g/mol. The fraction of sp³-hybridized carbons (Fsp3) is 0.167. The van der Waals surface area contributed by atoms with E-state index < -0.39 is 0 Å². The molecule has 0 unspecified atom stereocenters. The van der Waals surface area contributed by atoms with E-state index in [1.807, 2.05) is 49.4 Å². The van der Waals surface area contributed by atoms with E-state index in [-0.39, 0.29) is 0 Å². The van der Waals surface area contributed by atoms with Gasteiger partial charge in [0, 0.05) is 17.6 Å². The fourth-order valence-corrected chi connectivity index (χ4v) is 2.38. The maximum Gasteiger partial charge on any atom is 0.251 e. The molecule has 0 bridgehead atoms. The van der Waals surface area contributed by atoms with E-state index in [9.17, 15) is 5.21 Å². The van der Waals surface area contributed by atoms with Gasteiger partial charge in [-0.25, -0.2) is 0 Å². The van der Waals surface area contributed by atoms with Gasteiger partial charge in [-0.3, -0.25) is 10.1 Å². The number of nitrogens with zero attached hydrogens (tertiary/aromatic N) is 3. The van der Waals surface area contributed by atoms with Gasteiger partial charge in [0.15, 0.2) is 0 Å². The lowest BCUT2D eigenvalue weighted by Gasteiger charge is -2.09. The summed E-state index contributed by atoms with van der Waals surface area (Å²) in [4.78, 5) is 0.379. The molecule has 1 N–H and O–H groups in total. The molecular weight excluding hydrogens is 320 g/mol. The summed E-state index contributed by atoms with van der Waals surface area (Å²) < 4.78 is 10.0. The Bertz CT molecular complexity index is 904. The van der Waals surface area contributed by atoms with Crippen LogP contribution in [0.15, 0.2) is 58.3 Å². The van der Waals surface area contributed by atoms with E-state index in [4.69, 9.17) is 4.74 Å². The van der Waals surface area contributed by atoms with Crippen LogP contribution in [-0.2, 0) is 0 Å². The van der Waals surface area contributed by atoms with Crippen LogP contribution < -0.4 is 15.1 Å². The van der Waals surface area contributed by atoms with Crippen LogP contribution in [0.4, 0.5) is 5.69 Å². The number of nitrogens with one attached hydrogen (secondary N) is 1. The lowest BCUT2D eigenvalue weighted by molar-refractivity contribution is -0.806. The van der Waals surface area contributed by atoms with Gasteiger partial charge in [-0.2, -0.15) is 5.10 Å². The number of hydrogen-bond donors (Lipinski definition) is 1. The first kappa shape index (κ1) is 16.5.